The van der Waals surface area contributed by atoms with Gasteiger partial charge in [0.1, 0.15) is 11.6 Å². The molecule has 0 fully saturated rings. The number of hydrogen-bond donors (Lipinski definition) is 2. The van der Waals surface area contributed by atoms with Crippen molar-refractivity contribution in [1.82, 2.24) is 5.32 Å². The Bertz CT molecular complexity index is 566. The molecule has 1 atom stereocenters. The molecule has 2 aromatic carbocycles. The SMILES string of the molecule is Cc1ccc(O)c(CNC(C)Cc2ccc(F)cc2)c1. The average molecular weight is 273 g/mol. The van der Waals surface area contributed by atoms with E-state index < -0.39 is 0 Å². The van der Waals surface area contributed by atoms with Crippen LogP contribution in [0.1, 0.15) is 23.6 Å². The average Bonchev–Trinajstić information content (AvgIpc) is 2.42. The van der Waals surface area contributed by atoms with E-state index in [2.05, 4.69) is 12.2 Å². The number of rotatable bonds is 5. The molecule has 0 aliphatic heterocycles. The zero-order valence-corrected chi connectivity index (χ0v) is 11.9. The number of hydrogen-bond acceptors (Lipinski definition) is 2. The van der Waals surface area contributed by atoms with Gasteiger partial charge in [0.25, 0.3) is 0 Å². The maximum atomic E-state index is 12.8. The van der Waals surface area contributed by atoms with Gasteiger partial charge in [0.2, 0.25) is 0 Å². The molecule has 106 valence electrons. The highest BCUT2D eigenvalue weighted by Gasteiger charge is 2.06. The molecule has 2 rings (SSSR count). The maximum absolute atomic E-state index is 12.8. The minimum Gasteiger partial charge on any atom is -0.508 e. The summed E-state index contributed by atoms with van der Waals surface area (Å²) in [7, 11) is 0. The van der Waals surface area contributed by atoms with Crippen LogP contribution in [0.5, 0.6) is 5.75 Å². The Hall–Kier alpha value is -1.87. The Balaban J connectivity index is 1.90. The zero-order chi connectivity index (χ0) is 14.5. The lowest BCUT2D eigenvalue weighted by atomic mass is 10.1. The summed E-state index contributed by atoms with van der Waals surface area (Å²) in [6.07, 6.45) is 0.826. The first kappa shape index (κ1) is 14.5. The van der Waals surface area contributed by atoms with E-state index in [1.165, 1.54) is 12.1 Å². The van der Waals surface area contributed by atoms with E-state index in [0.717, 1.165) is 23.1 Å². The second-order valence-corrected chi connectivity index (χ2v) is 5.24. The van der Waals surface area contributed by atoms with Crippen LogP contribution in [-0.2, 0) is 13.0 Å². The molecule has 0 aliphatic carbocycles. The van der Waals surface area contributed by atoms with Crippen LogP contribution in [0.2, 0.25) is 0 Å². The van der Waals surface area contributed by atoms with Gasteiger partial charge < -0.3 is 10.4 Å². The van der Waals surface area contributed by atoms with Gasteiger partial charge in [-0.15, -0.1) is 0 Å². The molecular weight excluding hydrogens is 253 g/mol. The van der Waals surface area contributed by atoms with Gasteiger partial charge in [-0.25, -0.2) is 4.39 Å². The van der Waals surface area contributed by atoms with Crippen LogP contribution in [-0.4, -0.2) is 11.1 Å². The topological polar surface area (TPSA) is 32.3 Å². The summed E-state index contributed by atoms with van der Waals surface area (Å²) in [5.41, 5.74) is 3.13. The third-order valence-electron chi connectivity index (χ3n) is 3.33. The monoisotopic (exact) mass is 273 g/mol. The Morgan fingerprint density at radius 2 is 1.85 bits per heavy atom. The molecule has 0 aromatic heterocycles. The summed E-state index contributed by atoms with van der Waals surface area (Å²) in [6, 6.07) is 12.4. The predicted molar refractivity (Wildman–Crippen MR) is 79.2 cm³/mol. The first-order valence-electron chi connectivity index (χ1n) is 6.81. The number of aromatic hydroxyl groups is 1. The van der Waals surface area contributed by atoms with Crippen molar-refractivity contribution in [2.75, 3.05) is 0 Å². The summed E-state index contributed by atoms with van der Waals surface area (Å²) in [5.74, 6) is 0.108. The molecule has 0 bridgehead atoms. The van der Waals surface area contributed by atoms with Gasteiger partial charge in [0.05, 0.1) is 0 Å². The van der Waals surface area contributed by atoms with E-state index in [-0.39, 0.29) is 11.9 Å². The van der Waals surface area contributed by atoms with Gasteiger partial charge >= 0.3 is 0 Å². The lowest BCUT2D eigenvalue weighted by Gasteiger charge is -2.15. The van der Waals surface area contributed by atoms with Crippen molar-refractivity contribution in [2.45, 2.75) is 32.9 Å². The second-order valence-electron chi connectivity index (χ2n) is 5.24. The van der Waals surface area contributed by atoms with Crippen LogP contribution in [0.4, 0.5) is 4.39 Å². The van der Waals surface area contributed by atoms with E-state index >= 15 is 0 Å². The largest absolute Gasteiger partial charge is 0.508 e. The van der Waals surface area contributed by atoms with Gasteiger partial charge in [-0.05, 0) is 44.0 Å². The lowest BCUT2D eigenvalue weighted by molar-refractivity contribution is 0.458. The van der Waals surface area contributed by atoms with E-state index in [1.54, 1.807) is 18.2 Å². The van der Waals surface area contributed by atoms with Crippen LogP contribution in [0.15, 0.2) is 42.5 Å². The highest BCUT2D eigenvalue weighted by molar-refractivity contribution is 5.35. The van der Waals surface area contributed by atoms with Crippen LogP contribution in [0.3, 0.4) is 0 Å². The molecule has 0 saturated heterocycles. The molecule has 2 aromatic rings. The van der Waals surface area contributed by atoms with Gasteiger partial charge in [-0.2, -0.15) is 0 Å². The summed E-state index contributed by atoms with van der Waals surface area (Å²) >= 11 is 0. The first-order chi connectivity index (χ1) is 9.54. The molecule has 0 spiro atoms. The number of halogens is 1. The Kier molecular flexibility index (Phi) is 4.74. The normalized spacial score (nSPS) is 12.3. The maximum Gasteiger partial charge on any atom is 0.123 e. The highest BCUT2D eigenvalue weighted by atomic mass is 19.1. The van der Waals surface area contributed by atoms with Gasteiger partial charge in [0.15, 0.2) is 0 Å². The minimum absolute atomic E-state index is 0.209. The fourth-order valence-electron chi connectivity index (χ4n) is 2.19. The fraction of sp³-hybridized carbons (Fsp3) is 0.294. The standard InChI is InChI=1S/C17H20FNO/c1-12-3-8-17(20)15(9-12)11-19-13(2)10-14-4-6-16(18)7-5-14/h3-9,13,19-20H,10-11H2,1-2H3. The number of phenols is 1. The summed E-state index contributed by atoms with van der Waals surface area (Å²) in [5, 5.41) is 13.2. The van der Waals surface area contributed by atoms with Gasteiger partial charge in [-0.1, -0.05) is 29.8 Å². The van der Waals surface area contributed by atoms with E-state index in [1.807, 2.05) is 19.1 Å². The van der Waals surface area contributed by atoms with Crippen molar-refractivity contribution in [1.29, 1.82) is 0 Å². The molecule has 0 radical (unpaired) electrons. The molecule has 3 heteroatoms. The van der Waals surface area contributed by atoms with Crippen LogP contribution in [0, 0.1) is 12.7 Å². The van der Waals surface area contributed by atoms with Crippen LogP contribution < -0.4 is 5.32 Å². The van der Waals surface area contributed by atoms with E-state index in [9.17, 15) is 9.50 Å². The molecule has 0 amide bonds. The summed E-state index contributed by atoms with van der Waals surface area (Å²) in [6.45, 7) is 4.71. The van der Waals surface area contributed by atoms with E-state index in [4.69, 9.17) is 0 Å². The summed E-state index contributed by atoms with van der Waals surface area (Å²) < 4.78 is 12.8. The molecular formula is C17H20FNO. The number of phenolic OH excluding ortho intramolecular Hbond substituents is 1. The summed E-state index contributed by atoms with van der Waals surface area (Å²) in [4.78, 5) is 0. The number of aryl methyl sites for hydroxylation is 1. The second kappa shape index (κ2) is 6.53. The molecule has 20 heavy (non-hydrogen) atoms. The van der Waals surface area contributed by atoms with Crippen LogP contribution in [0.25, 0.3) is 0 Å². The molecule has 0 heterocycles. The van der Waals surface area contributed by atoms with Crippen molar-refractivity contribution in [3.05, 3.63) is 65.0 Å². The van der Waals surface area contributed by atoms with Crippen molar-refractivity contribution in [3.63, 3.8) is 0 Å². The quantitative estimate of drug-likeness (QED) is 0.873. The Labute approximate surface area is 119 Å². The van der Waals surface area contributed by atoms with Crippen molar-refractivity contribution in [2.24, 2.45) is 0 Å². The number of nitrogens with one attached hydrogen (secondary N) is 1. The zero-order valence-electron chi connectivity index (χ0n) is 11.9. The van der Waals surface area contributed by atoms with Crippen molar-refractivity contribution < 1.29 is 9.50 Å². The Morgan fingerprint density at radius 1 is 1.15 bits per heavy atom. The first-order valence-corrected chi connectivity index (χ1v) is 6.81. The van der Waals surface area contributed by atoms with Crippen molar-refractivity contribution >= 4 is 0 Å². The molecule has 2 nitrogen and oxygen atoms in total. The van der Waals surface area contributed by atoms with Gasteiger partial charge in [-0.3, -0.25) is 0 Å². The molecule has 0 aliphatic rings. The third kappa shape index (κ3) is 4.07. The molecule has 2 N–H and O–H groups in total. The Morgan fingerprint density at radius 3 is 2.55 bits per heavy atom. The lowest BCUT2D eigenvalue weighted by Crippen LogP contribution is -2.27. The molecule has 1 unspecified atom stereocenters. The minimum atomic E-state index is -0.209. The van der Waals surface area contributed by atoms with Gasteiger partial charge in [0, 0.05) is 18.2 Å². The van der Waals surface area contributed by atoms with Crippen molar-refractivity contribution in [3.8, 4) is 5.75 Å². The third-order valence-corrected chi connectivity index (χ3v) is 3.33. The van der Waals surface area contributed by atoms with Crippen LogP contribution >= 0.6 is 0 Å². The number of benzene rings is 2. The highest BCUT2D eigenvalue weighted by Crippen LogP contribution is 2.18. The van der Waals surface area contributed by atoms with E-state index in [0.29, 0.717) is 12.3 Å². The molecule has 0 saturated carbocycles. The predicted octanol–water partition coefficient (Wildman–Crippen LogP) is 3.56. The smallest absolute Gasteiger partial charge is 0.123 e. The fourth-order valence-corrected chi connectivity index (χ4v) is 2.19.